The summed E-state index contributed by atoms with van der Waals surface area (Å²) in [7, 11) is 0. The number of rotatable bonds is 3. The summed E-state index contributed by atoms with van der Waals surface area (Å²) in [6, 6.07) is 16.4. The van der Waals surface area contributed by atoms with Gasteiger partial charge in [0.15, 0.2) is 0 Å². The third kappa shape index (κ3) is 2.54. The highest BCUT2D eigenvalue weighted by atomic mass is 16.2. The molecule has 2 aromatic carbocycles. The van der Waals surface area contributed by atoms with Crippen LogP contribution in [0.25, 0.3) is 0 Å². The van der Waals surface area contributed by atoms with Crippen molar-refractivity contribution in [2.24, 2.45) is 0 Å². The minimum absolute atomic E-state index is 0.274. The molecule has 1 aromatic heterocycles. The van der Waals surface area contributed by atoms with Crippen molar-refractivity contribution in [3.05, 3.63) is 82.7 Å². The number of hydrogen-bond acceptors (Lipinski definition) is 3. The normalized spacial score (nSPS) is 13.4. The smallest absolute Gasteiger partial charge is 0.266 e. The van der Waals surface area contributed by atoms with Gasteiger partial charge in [0, 0.05) is 5.69 Å². The summed E-state index contributed by atoms with van der Waals surface area (Å²) < 4.78 is 1.91. The minimum Gasteiger partial charge on any atom is -0.268 e. The number of benzene rings is 2. The average molecular weight is 331 g/mol. The van der Waals surface area contributed by atoms with Crippen molar-refractivity contribution in [1.82, 2.24) is 9.78 Å². The Bertz CT molecular complexity index is 969. The molecule has 0 spiro atoms. The van der Waals surface area contributed by atoms with E-state index in [1.54, 1.807) is 30.3 Å². The second-order valence-corrected chi connectivity index (χ2v) is 6.25. The van der Waals surface area contributed by atoms with Crippen LogP contribution in [0, 0.1) is 13.8 Å². The maximum absolute atomic E-state index is 12.6. The summed E-state index contributed by atoms with van der Waals surface area (Å²) in [5.74, 6) is -0.548. The van der Waals surface area contributed by atoms with Gasteiger partial charge in [-0.05, 0) is 49.7 Å². The van der Waals surface area contributed by atoms with Gasteiger partial charge >= 0.3 is 0 Å². The zero-order chi connectivity index (χ0) is 17.6. The third-order valence-corrected chi connectivity index (χ3v) is 4.40. The maximum Gasteiger partial charge on any atom is 0.266 e. The molecule has 0 saturated heterocycles. The van der Waals surface area contributed by atoms with Crippen LogP contribution in [0.15, 0.2) is 54.6 Å². The van der Waals surface area contributed by atoms with Gasteiger partial charge in [-0.15, -0.1) is 0 Å². The van der Waals surface area contributed by atoms with Gasteiger partial charge in [-0.1, -0.05) is 24.3 Å². The molecular formula is C20H17N3O2. The summed E-state index contributed by atoms with van der Waals surface area (Å²) in [5.41, 5.74) is 4.52. The van der Waals surface area contributed by atoms with Crippen LogP contribution in [0.2, 0.25) is 0 Å². The van der Waals surface area contributed by atoms with E-state index in [9.17, 15) is 9.59 Å². The standard InChI is InChI=1S/C20H17N3O2/c1-13-10-14(2)22(21-13)12-15-6-5-7-16(11-15)23-19(24)17-8-3-4-9-18(17)20(23)25/h3-11H,12H2,1-2H3. The van der Waals surface area contributed by atoms with Crippen molar-refractivity contribution >= 4 is 17.5 Å². The second kappa shape index (κ2) is 5.70. The van der Waals surface area contributed by atoms with E-state index in [1.165, 1.54) is 4.90 Å². The molecule has 0 saturated carbocycles. The summed E-state index contributed by atoms with van der Waals surface area (Å²) in [4.78, 5) is 26.5. The lowest BCUT2D eigenvalue weighted by Gasteiger charge is -2.15. The molecule has 3 aromatic rings. The molecular weight excluding hydrogens is 314 g/mol. The summed E-state index contributed by atoms with van der Waals surface area (Å²) in [6.45, 7) is 4.56. The van der Waals surface area contributed by atoms with Crippen LogP contribution in [-0.2, 0) is 6.54 Å². The number of carbonyl (C=O) groups excluding carboxylic acids is 2. The Balaban J connectivity index is 1.68. The molecule has 5 heteroatoms. The number of aryl methyl sites for hydroxylation is 2. The molecule has 1 aliphatic heterocycles. The molecule has 1 aliphatic rings. The van der Waals surface area contributed by atoms with Crippen LogP contribution in [0.1, 0.15) is 37.7 Å². The molecule has 0 atom stereocenters. The quantitative estimate of drug-likeness (QED) is 0.692. The monoisotopic (exact) mass is 331 g/mol. The fourth-order valence-corrected chi connectivity index (χ4v) is 3.23. The molecule has 2 amide bonds. The second-order valence-electron chi connectivity index (χ2n) is 6.25. The molecule has 25 heavy (non-hydrogen) atoms. The Hall–Kier alpha value is -3.21. The molecule has 2 heterocycles. The summed E-state index contributed by atoms with van der Waals surface area (Å²) in [6.07, 6.45) is 0. The Kier molecular flexibility index (Phi) is 3.50. The van der Waals surface area contributed by atoms with Gasteiger partial charge in [0.05, 0.1) is 29.1 Å². The first-order valence-electron chi connectivity index (χ1n) is 8.12. The van der Waals surface area contributed by atoms with Crippen LogP contribution in [0.4, 0.5) is 5.69 Å². The SMILES string of the molecule is Cc1cc(C)n(Cc2cccc(N3C(=O)c4ccccc4C3=O)c2)n1. The lowest BCUT2D eigenvalue weighted by molar-refractivity contribution is 0.0926. The molecule has 0 bridgehead atoms. The molecule has 0 unspecified atom stereocenters. The number of aromatic nitrogens is 2. The van der Waals surface area contributed by atoms with E-state index in [0.29, 0.717) is 23.4 Å². The van der Waals surface area contributed by atoms with E-state index in [2.05, 4.69) is 5.10 Å². The number of nitrogens with zero attached hydrogens (tertiary/aromatic N) is 3. The van der Waals surface area contributed by atoms with E-state index in [0.717, 1.165) is 17.0 Å². The van der Waals surface area contributed by atoms with E-state index >= 15 is 0 Å². The van der Waals surface area contributed by atoms with E-state index in [4.69, 9.17) is 0 Å². The fourth-order valence-electron chi connectivity index (χ4n) is 3.23. The fraction of sp³-hybridized carbons (Fsp3) is 0.150. The van der Waals surface area contributed by atoms with Crippen molar-refractivity contribution in [3.8, 4) is 0 Å². The lowest BCUT2D eigenvalue weighted by Crippen LogP contribution is -2.29. The van der Waals surface area contributed by atoms with Crippen molar-refractivity contribution in [2.75, 3.05) is 4.90 Å². The predicted octanol–water partition coefficient (Wildman–Crippen LogP) is 3.35. The Labute approximate surface area is 145 Å². The molecule has 4 rings (SSSR count). The van der Waals surface area contributed by atoms with E-state index in [1.807, 2.05) is 42.8 Å². The first kappa shape index (κ1) is 15.3. The summed E-state index contributed by atoms with van der Waals surface area (Å²) in [5, 5.41) is 4.46. The Morgan fingerprint density at radius 1 is 0.880 bits per heavy atom. The van der Waals surface area contributed by atoms with Gasteiger partial charge in [-0.2, -0.15) is 5.10 Å². The third-order valence-electron chi connectivity index (χ3n) is 4.40. The van der Waals surface area contributed by atoms with Gasteiger partial charge in [-0.3, -0.25) is 14.3 Å². The minimum atomic E-state index is -0.274. The van der Waals surface area contributed by atoms with Gasteiger partial charge < -0.3 is 0 Å². The van der Waals surface area contributed by atoms with Crippen molar-refractivity contribution in [1.29, 1.82) is 0 Å². The van der Waals surface area contributed by atoms with E-state index < -0.39 is 0 Å². The van der Waals surface area contributed by atoms with E-state index in [-0.39, 0.29) is 11.8 Å². The average Bonchev–Trinajstić information content (AvgIpc) is 3.05. The molecule has 5 nitrogen and oxygen atoms in total. The zero-order valence-corrected chi connectivity index (χ0v) is 14.1. The van der Waals surface area contributed by atoms with Crippen LogP contribution in [0.5, 0.6) is 0 Å². The molecule has 0 fully saturated rings. The van der Waals surface area contributed by atoms with Crippen molar-refractivity contribution in [2.45, 2.75) is 20.4 Å². The Morgan fingerprint density at radius 3 is 2.16 bits per heavy atom. The number of fused-ring (bicyclic) bond motifs is 1. The zero-order valence-electron chi connectivity index (χ0n) is 14.1. The lowest BCUT2D eigenvalue weighted by atomic mass is 10.1. The predicted molar refractivity (Wildman–Crippen MR) is 94.8 cm³/mol. The van der Waals surface area contributed by atoms with Gasteiger partial charge in [0.2, 0.25) is 0 Å². The van der Waals surface area contributed by atoms with Crippen molar-refractivity contribution in [3.63, 3.8) is 0 Å². The number of hydrogen-bond donors (Lipinski definition) is 0. The van der Waals surface area contributed by atoms with Crippen LogP contribution < -0.4 is 4.90 Å². The summed E-state index contributed by atoms with van der Waals surface area (Å²) >= 11 is 0. The first-order chi connectivity index (χ1) is 12.0. The molecule has 0 N–H and O–H groups in total. The largest absolute Gasteiger partial charge is 0.268 e. The molecule has 0 aliphatic carbocycles. The first-order valence-corrected chi connectivity index (χ1v) is 8.12. The maximum atomic E-state index is 12.6. The van der Waals surface area contributed by atoms with Crippen LogP contribution in [0.3, 0.4) is 0 Å². The highest BCUT2D eigenvalue weighted by Gasteiger charge is 2.36. The van der Waals surface area contributed by atoms with Crippen LogP contribution >= 0.6 is 0 Å². The number of imide groups is 1. The molecule has 124 valence electrons. The van der Waals surface area contributed by atoms with Gasteiger partial charge in [0.1, 0.15) is 0 Å². The number of carbonyl (C=O) groups is 2. The van der Waals surface area contributed by atoms with Gasteiger partial charge in [-0.25, -0.2) is 4.90 Å². The van der Waals surface area contributed by atoms with Crippen LogP contribution in [-0.4, -0.2) is 21.6 Å². The van der Waals surface area contributed by atoms with Gasteiger partial charge in [0.25, 0.3) is 11.8 Å². The molecule has 0 radical (unpaired) electrons. The highest BCUT2D eigenvalue weighted by molar-refractivity contribution is 6.34. The van der Waals surface area contributed by atoms with Crippen molar-refractivity contribution < 1.29 is 9.59 Å². The highest BCUT2D eigenvalue weighted by Crippen LogP contribution is 2.28. The number of anilines is 1. The topological polar surface area (TPSA) is 55.2 Å². The number of amides is 2. The Morgan fingerprint density at radius 2 is 1.56 bits per heavy atom.